The second-order valence-corrected chi connectivity index (χ2v) is 5.53. The standard InChI is InChI=1S/C16H18N2O3/c1-10(19)18-6-4-11(5-7-18)12-8-14(20)13-2-3-16(17)21-15(13)9-12/h2-3,8-9,11,17,20H,4-7H2,1H3. The van der Waals surface area contributed by atoms with E-state index in [-0.39, 0.29) is 17.2 Å². The summed E-state index contributed by atoms with van der Waals surface area (Å²) < 4.78 is 5.38. The number of nitrogens with zero attached hydrogens (tertiary/aromatic N) is 1. The van der Waals surface area contributed by atoms with Crippen LogP contribution in [0.25, 0.3) is 11.0 Å². The van der Waals surface area contributed by atoms with Crippen LogP contribution in [-0.4, -0.2) is 29.0 Å². The maximum Gasteiger partial charge on any atom is 0.219 e. The Morgan fingerprint density at radius 3 is 2.71 bits per heavy atom. The average Bonchev–Trinajstić information content (AvgIpc) is 2.46. The quantitative estimate of drug-likeness (QED) is 0.844. The highest BCUT2D eigenvalue weighted by Gasteiger charge is 2.23. The van der Waals surface area contributed by atoms with E-state index in [0.29, 0.717) is 16.9 Å². The fraction of sp³-hybridized carbons (Fsp3) is 0.375. The molecule has 5 heteroatoms. The molecule has 1 saturated heterocycles. The highest BCUT2D eigenvalue weighted by atomic mass is 16.3. The van der Waals surface area contributed by atoms with Gasteiger partial charge in [0.1, 0.15) is 11.3 Å². The molecule has 0 radical (unpaired) electrons. The van der Waals surface area contributed by atoms with Crippen LogP contribution in [0, 0.1) is 5.41 Å². The fourth-order valence-corrected chi connectivity index (χ4v) is 2.96. The molecule has 1 aromatic heterocycles. The highest BCUT2D eigenvalue weighted by molar-refractivity contribution is 5.83. The van der Waals surface area contributed by atoms with E-state index in [2.05, 4.69) is 0 Å². The molecule has 2 heterocycles. The van der Waals surface area contributed by atoms with Crippen molar-refractivity contribution in [3.8, 4) is 5.75 Å². The Morgan fingerprint density at radius 2 is 2.05 bits per heavy atom. The number of nitrogens with one attached hydrogen (secondary N) is 1. The zero-order valence-corrected chi connectivity index (χ0v) is 11.9. The van der Waals surface area contributed by atoms with Gasteiger partial charge in [-0.05, 0) is 42.5 Å². The Kier molecular flexibility index (Phi) is 3.41. The molecule has 1 aliphatic heterocycles. The number of carbonyl (C=O) groups excluding carboxylic acids is 1. The third kappa shape index (κ3) is 2.63. The van der Waals surface area contributed by atoms with Crippen molar-refractivity contribution >= 4 is 16.9 Å². The van der Waals surface area contributed by atoms with Crippen molar-refractivity contribution in [2.45, 2.75) is 25.7 Å². The largest absolute Gasteiger partial charge is 0.507 e. The van der Waals surface area contributed by atoms with Crippen molar-refractivity contribution in [1.82, 2.24) is 4.90 Å². The van der Waals surface area contributed by atoms with E-state index in [1.54, 1.807) is 19.1 Å². The van der Waals surface area contributed by atoms with Crippen LogP contribution in [0.4, 0.5) is 0 Å². The SMILES string of the molecule is CC(=O)N1CCC(c2cc(O)c3ccc(=N)oc3c2)CC1. The number of fused-ring (bicyclic) bond motifs is 1. The lowest BCUT2D eigenvalue weighted by Gasteiger charge is -2.31. The van der Waals surface area contributed by atoms with Gasteiger partial charge in [0.15, 0.2) is 0 Å². The van der Waals surface area contributed by atoms with Gasteiger partial charge >= 0.3 is 0 Å². The van der Waals surface area contributed by atoms with Crippen molar-refractivity contribution in [2.75, 3.05) is 13.1 Å². The first-order valence-electron chi connectivity index (χ1n) is 7.11. The molecule has 5 nitrogen and oxygen atoms in total. The maximum atomic E-state index is 11.4. The minimum absolute atomic E-state index is 0.0745. The summed E-state index contributed by atoms with van der Waals surface area (Å²) in [6, 6.07) is 6.89. The molecular weight excluding hydrogens is 268 g/mol. The number of hydrogen-bond donors (Lipinski definition) is 2. The van der Waals surface area contributed by atoms with Crippen molar-refractivity contribution in [3.63, 3.8) is 0 Å². The second kappa shape index (κ2) is 5.24. The van der Waals surface area contributed by atoms with E-state index < -0.39 is 0 Å². The molecule has 0 bridgehead atoms. The van der Waals surface area contributed by atoms with Gasteiger partial charge in [-0.15, -0.1) is 0 Å². The molecule has 0 unspecified atom stereocenters. The summed E-state index contributed by atoms with van der Waals surface area (Å²) in [4.78, 5) is 13.2. The number of likely N-dealkylation sites (tertiary alicyclic amines) is 1. The number of phenolic OH excluding ortho intramolecular Hbond substituents is 1. The number of piperidine rings is 1. The first-order valence-corrected chi connectivity index (χ1v) is 7.11. The molecule has 1 aliphatic rings. The van der Waals surface area contributed by atoms with Gasteiger partial charge < -0.3 is 14.4 Å². The molecule has 1 aromatic carbocycles. The zero-order valence-electron chi connectivity index (χ0n) is 11.9. The minimum atomic E-state index is 0.0745. The van der Waals surface area contributed by atoms with E-state index in [9.17, 15) is 9.90 Å². The fourth-order valence-electron chi connectivity index (χ4n) is 2.96. The van der Waals surface area contributed by atoms with Gasteiger partial charge in [-0.25, -0.2) is 0 Å². The molecule has 0 aliphatic carbocycles. The van der Waals surface area contributed by atoms with Gasteiger partial charge in [-0.1, -0.05) is 0 Å². The minimum Gasteiger partial charge on any atom is -0.507 e. The monoisotopic (exact) mass is 286 g/mol. The lowest BCUT2D eigenvalue weighted by molar-refractivity contribution is -0.129. The Labute approximate surface area is 122 Å². The van der Waals surface area contributed by atoms with E-state index >= 15 is 0 Å². The van der Waals surface area contributed by atoms with Crippen LogP contribution in [0.3, 0.4) is 0 Å². The van der Waals surface area contributed by atoms with Gasteiger partial charge in [-0.2, -0.15) is 0 Å². The molecule has 2 N–H and O–H groups in total. The second-order valence-electron chi connectivity index (χ2n) is 5.53. The average molecular weight is 286 g/mol. The van der Waals surface area contributed by atoms with Crippen molar-refractivity contribution in [3.05, 3.63) is 35.4 Å². The van der Waals surface area contributed by atoms with Gasteiger partial charge in [0.05, 0.1) is 5.39 Å². The van der Waals surface area contributed by atoms with Crippen molar-refractivity contribution in [1.29, 1.82) is 5.41 Å². The van der Waals surface area contributed by atoms with E-state index in [4.69, 9.17) is 9.83 Å². The molecular formula is C16H18N2O3. The third-order valence-electron chi connectivity index (χ3n) is 4.18. The third-order valence-corrected chi connectivity index (χ3v) is 4.18. The number of phenols is 1. The Balaban J connectivity index is 1.91. The lowest BCUT2D eigenvalue weighted by atomic mass is 9.88. The Bertz CT molecular complexity index is 743. The number of benzene rings is 1. The summed E-state index contributed by atoms with van der Waals surface area (Å²) >= 11 is 0. The summed E-state index contributed by atoms with van der Waals surface area (Å²) in [7, 11) is 0. The highest BCUT2D eigenvalue weighted by Crippen LogP contribution is 2.34. The number of rotatable bonds is 1. The van der Waals surface area contributed by atoms with Crippen LogP contribution in [0.2, 0.25) is 0 Å². The summed E-state index contributed by atoms with van der Waals surface area (Å²) in [6.45, 7) is 3.08. The molecule has 110 valence electrons. The molecule has 0 atom stereocenters. The summed E-state index contributed by atoms with van der Waals surface area (Å²) in [5.41, 5.74) is 1.62. The number of hydrogen-bond acceptors (Lipinski definition) is 4. The molecule has 1 amide bonds. The smallest absolute Gasteiger partial charge is 0.219 e. The van der Waals surface area contributed by atoms with Crippen LogP contribution in [0.15, 0.2) is 28.7 Å². The molecule has 2 aromatic rings. The summed E-state index contributed by atoms with van der Waals surface area (Å²) in [5, 5.41) is 18.3. The van der Waals surface area contributed by atoms with E-state index in [0.717, 1.165) is 31.5 Å². The normalized spacial score (nSPS) is 16.3. The van der Waals surface area contributed by atoms with Gasteiger partial charge in [0, 0.05) is 26.1 Å². The van der Waals surface area contributed by atoms with E-state index in [1.807, 2.05) is 11.0 Å². The number of amides is 1. The van der Waals surface area contributed by atoms with Crippen LogP contribution < -0.4 is 5.55 Å². The molecule has 0 spiro atoms. The first kappa shape index (κ1) is 13.7. The summed E-state index contributed by atoms with van der Waals surface area (Å²) in [6.07, 6.45) is 1.76. The van der Waals surface area contributed by atoms with E-state index in [1.165, 1.54) is 6.07 Å². The topological polar surface area (TPSA) is 77.5 Å². The molecule has 21 heavy (non-hydrogen) atoms. The number of carbonyl (C=O) groups is 1. The zero-order chi connectivity index (χ0) is 15.0. The maximum absolute atomic E-state index is 11.4. The van der Waals surface area contributed by atoms with Gasteiger partial charge in [0.2, 0.25) is 11.5 Å². The Morgan fingerprint density at radius 1 is 1.33 bits per heavy atom. The first-order chi connectivity index (χ1) is 10.0. The molecule has 1 fully saturated rings. The lowest BCUT2D eigenvalue weighted by Crippen LogP contribution is -2.36. The molecule has 0 saturated carbocycles. The van der Waals surface area contributed by atoms with Crippen LogP contribution in [-0.2, 0) is 4.79 Å². The predicted octanol–water partition coefficient (Wildman–Crippen LogP) is 2.34. The summed E-state index contributed by atoms with van der Waals surface area (Å²) in [5.74, 6) is 0.601. The number of aromatic hydroxyl groups is 1. The van der Waals surface area contributed by atoms with Crippen LogP contribution >= 0.6 is 0 Å². The Hall–Kier alpha value is -2.30. The van der Waals surface area contributed by atoms with Gasteiger partial charge in [0.25, 0.3) is 0 Å². The van der Waals surface area contributed by atoms with Crippen molar-refractivity contribution in [2.24, 2.45) is 0 Å². The van der Waals surface area contributed by atoms with Crippen LogP contribution in [0.5, 0.6) is 5.75 Å². The predicted molar refractivity (Wildman–Crippen MR) is 78.0 cm³/mol. The van der Waals surface area contributed by atoms with Crippen LogP contribution in [0.1, 0.15) is 31.2 Å². The molecule has 3 rings (SSSR count). The van der Waals surface area contributed by atoms with Crippen molar-refractivity contribution < 1.29 is 14.3 Å². The van der Waals surface area contributed by atoms with Gasteiger partial charge in [-0.3, -0.25) is 10.2 Å².